The van der Waals surface area contributed by atoms with Gasteiger partial charge in [0.1, 0.15) is 5.78 Å². The van der Waals surface area contributed by atoms with E-state index in [1.165, 1.54) is 0 Å². The van der Waals surface area contributed by atoms with Crippen molar-refractivity contribution in [2.45, 2.75) is 39.0 Å². The van der Waals surface area contributed by atoms with Gasteiger partial charge in [-0.3, -0.25) is 0 Å². The van der Waals surface area contributed by atoms with Crippen LogP contribution in [0.2, 0.25) is 0 Å². The largest absolute Gasteiger partial charge is 0.300 e. The van der Waals surface area contributed by atoms with Crippen molar-refractivity contribution in [3.8, 4) is 0 Å². The van der Waals surface area contributed by atoms with Crippen LogP contribution in [0.3, 0.4) is 0 Å². The van der Waals surface area contributed by atoms with E-state index in [9.17, 15) is 4.79 Å². The third kappa shape index (κ3) is 7.67. The molecule has 1 nitrogen and oxygen atoms in total. The number of Topliss-reactive ketones (excluding diaryl/α,β-unsaturated/α-hetero) is 1. The van der Waals surface area contributed by atoms with Gasteiger partial charge in [-0.15, -0.1) is 0 Å². The molecular formula is C8H15O. The quantitative estimate of drug-likeness (QED) is 0.518. The molecule has 0 aromatic rings. The molecule has 1 radical (unpaired) electrons. The maximum atomic E-state index is 10.4. The predicted octanol–water partition coefficient (Wildman–Crippen LogP) is 2.36. The van der Waals surface area contributed by atoms with E-state index in [-0.39, 0.29) is 0 Å². The Morgan fingerprint density at radius 1 is 1.33 bits per heavy atom. The average Bonchev–Trinajstić information content (AvgIpc) is 1.80. The van der Waals surface area contributed by atoms with Gasteiger partial charge in [0.05, 0.1) is 0 Å². The highest BCUT2D eigenvalue weighted by atomic mass is 16.1. The molecule has 0 fully saturated rings. The first-order valence-corrected chi connectivity index (χ1v) is 3.56. The topological polar surface area (TPSA) is 17.1 Å². The van der Waals surface area contributed by atoms with Crippen LogP contribution >= 0.6 is 0 Å². The summed E-state index contributed by atoms with van der Waals surface area (Å²) in [5.41, 5.74) is 0. The number of unbranched alkanes of at least 4 members (excludes halogenated alkanes) is 3. The summed E-state index contributed by atoms with van der Waals surface area (Å²) in [6, 6.07) is 0. The van der Waals surface area contributed by atoms with Crippen molar-refractivity contribution in [1.82, 2.24) is 0 Å². The van der Waals surface area contributed by atoms with Crippen molar-refractivity contribution in [3.05, 3.63) is 6.92 Å². The summed E-state index contributed by atoms with van der Waals surface area (Å²) in [6.45, 7) is 5.36. The fourth-order valence-electron chi connectivity index (χ4n) is 0.727. The number of hydrogen-bond donors (Lipinski definition) is 0. The minimum atomic E-state index is 0.305. The summed E-state index contributed by atoms with van der Waals surface area (Å²) < 4.78 is 0. The number of carbonyl (C=O) groups is 1. The summed E-state index contributed by atoms with van der Waals surface area (Å²) in [6.07, 6.45) is 5.11. The highest BCUT2D eigenvalue weighted by molar-refractivity contribution is 5.75. The Morgan fingerprint density at radius 3 is 2.44 bits per heavy atom. The molecule has 0 saturated carbocycles. The monoisotopic (exact) mass is 127 g/mol. The SMILES string of the molecule is [CH2]CCCCCC(C)=O. The summed E-state index contributed by atoms with van der Waals surface area (Å²) in [7, 11) is 0. The summed E-state index contributed by atoms with van der Waals surface area (Å²) >= 11 is 0. The maximum absolute atomic E-state index is 10.4. The van der Waals surface area contributed by atoms with Crippen molar-refractivity contribution >= 4 is 5.78 Å². The molecule has 1 heteroatoms. The van der Waals surface area contributed by atoms with E-state index in [4.69, 9.17) is 0 Å². The molecule has 0 heterocycles. The van der Waals surface area contributed by atoms with Gasteiger partial charge in [-0.2, -0.15) is 0 Å². The number of ketones is 1. The Balaban J connectivity index is 2.83. The van der Waals surface area contributed by atoms with Gasteiger partial charge in [0.2, 0.25) is 0 Å². The fourth-order valence-corrected chi connectivity index (χ4v) is 0.727. The molecule has 0 rings (SSSR count). The molecule has 0 amide bonds. The Hall–Kier alpha value is -0.330. The molecule has 0 atom stereocenters. The van der Waals surface area contributed by atoms with Gasteiger partial charge < -0.3 is 4.79 Å². The van der Waals surface area contributed by atoms with Crippen molar-refractivity contribution in [3.63, 3.8) is 0 Å². The third-order valence-electron chi connectivity index (χ3n) is 1.28. The highest BCUT2D eigenvalue weighted by Gasteiger charge is 1.91. The normalized spacial score (nSPS) is 9.56. The van der Waals surface area contributed by atoms with Crippen LogP contribution in [0, 0.1) is 6.92 Å². The maximum Gasteiger partial charge on any atom is 0.129 e. The first-order valence-electron chi connectivity index (χ1n) is 3.56. The van der Waals surface area contributed by atoms with Crippen molar-refractivity contribution < 1.29 is 4.79 Å². The van der Waals surface area contributed by atoms with Crippen LogP contribution in [0.5, 0.6) is 0 Å². The Kier molecular flexibility index (Phi) is 5.59. The van der Waals surface area contributed by atoms with Crippen molar-refractivity contribution in [1.29, 1.82) is 0 Å². The van der Waals surface area contributed by atoms with Gasteiger partial charge in [-0.05, 0) is 13.3 Å². The van der Waals surface area contributed by atoms with Gasteiger partial charge in [-0.1, -0.05) is 26.2 Å². The number of rotatable bonds is 5. The lowest BCUT2D eigenvalue weighted by atomic mass is 10.1. The van der Waals surface area contributed by atoms with Gasteiger partial charge in [0, 0.05) is 6.42 Å². The molecule has 0 aromatic carbocycles. The first-order chi connectivity index (χ1) is 4.27. The smallest absolute Gasteiger partial charge is 0.129 e. The van der Waals surface area contributed by atoms with Crippen LogP contribution in [-0.4, -0.2) is 5.78 Å². The molecule has 0 aliphatic rings. The van der Waals surface area contributed by atoms with E-state index in [0.29, 0.717) is 5.78 Å². The average molecular weight is 127 g/mol. The zero-order valence-electron chi connectivity index (χ0n) is 6.15. The standard InChI is InChI=1S/C8H15O/c1-3-4-5-6-7-8(2)9/h1,3-7H2,2H3. The zero-order chi connectivity index (χ0) is 7.11. The van der Waals surface area contributed by atoms with E-state index in [2.05, 4.69) is 6.92 Å². The van der Waals surface area contributed by atoms with Gasteiger partial charge >= 0.3 is 0 Å². The predicted molar refractivity (Wildman–Crippen MR) is 39.1 cm³/mol. The third-order valence-corrected chi connectivity index (χ3v) is 1.28. The summed E-state index contributed by atoms with van der Waals surface area (Å²) in [5.74, 6) is 0.305. The summed E-state index contributed by atoms with van der Waals surface area (Å²) in [4.78, 5) is 10.4. The van der Waals surface area contributed by atoms with E-state index in [1.54, 1.807) is 6.92 Å². The van der Waals surface area contributed by atoms with Gasteiger partial charge in [-0.25, -0.2) is 0 Å². The lowest BCUT2D eigenvalue weighted by molar-refractivity contribution is -0.117. The van der Waals surface area contributed by atoms with Gasteiger partial charge in [0.25, 0.3) is 0 Å². The second-order valence-corrected chi connectivity index (χ2v) is 2.37. The van der Waals surface area contributed by atoms with E-state index < -0.39 is 0 Å². The van der Waals surface area contributed by atoms with Crippen LogP contribution in [0.15, 0.2) is 0 Å². The Labute approximate surface area is 57.5 Å². The van der Waals surface area contributed by atoms with Crippen molar-refractivity contribution in [2.24, 2.45) is 0 Å². The first kappa shape index (κ1) is 8.67. The lowest BCUT2D eigenvalue weighted by Crippen LogP contribution is -1.88. The van der Waals surface area contributed by atoms with Crippen LogP contribution in [-0.2, 0) is 4.79 Å². The number of carbonyl (C=O) groups excluding carboxylic acids is 1. The van der Waals surface area contributed by atoms with E-state index in [0.717, 1.165) is 32.1 Å². The Morgan fingerprint density at radius 2 is 2.00 bits per heavy atom. The second-order valence-electron chi connectivity index (χ2n) is 2.37. The zero-order valence-corrected chi connectivity index (χ0v) is 6.15. The van der Waals surface area contributed by atoms with Crippen LogP contribution in [0.1, 0.15) is 39.0 Å². The molecule has 0 spiro atoms. The molecule has 0 bridgehead atoms. The fraction of sp³-hybridized carbons (Fsp3) is 0.750. The van der Waals surface area contributed by atoms with Crippen molar-refractivity contribution in [2.75, 3.05) is 0 Å². The molecule has 0 unspecified atom stereocenters. The molecule has 0 aliphatic carbocycles. The minimum absolute atomic E-state index is 0.305. The molecule has 53 valence electrons. The van der Waals surface area contributed by atoms with E-state index in [1.807, 2.05) is 0 Å². The van der Waals surface area contributed by atoms with Gasteiger partial charge in [0.15, 0.2) is 0 Å². The molecule has 0 saturated heterocycles. The molecule has 0 N–H and O–H groups in total. The molecular weight excluding hydrogens is 112 g/mol. The molecule has 9 heavy (non-hydrogen) atoms. The molecule has 0 aromatic heterocycles. The minimum Gasteiger partial charge on any atom is -0.300 e. The van der Waals surface area contributed by atoms with E-state index >= 15 is 0 Å². The second kappa shape index (κ2) is 5.80. The van der Waals surface area contributed by atoms with Crippen LogP contribution < -0.4 is 0 Å². The van der Waals surface area contributed by atoms with Crippen LogP contribution in [0.4, 0.5) is 0 Å². The van der Waals surface area contributed by atoms with Crippen LogP contribution in [0.25, 0.3) is 0 Å². The highest BCUT2D eigenvalue weighted by Crippen LogP contribution is 2.01. The lowest BCUT2D eigenvalue weighted by Gasteiger charge is -1.93. The summed E-state index contributed by atoms with van der Waals surface area (Å²) in [5, 5.41) is 0. The Bertz CT molecular complexity index is 76.6. The number of hydrogen-bond acceptors (Lipinski definition) is 1. The molecule has 0 aliphatic heterocycles.